The fraction of sp³-hybridized carbons (Fsp3) is 0.611. The van der Waals surface area contributed by atoms with Crippen LogP contribution in [-0.4, -0.2) is 61.7 Å². The van der Waals surface area contributed by atoms with E-state index in [1.807, 2.05) is 0 Å². The van der Waals surface area contributed by atoms with Crippen molar-refractivity contribution in [1.82, 2.24) is 15.5 Å². The lowest BCUT2D eigenvalue weighted by atomic mass is 10.0. The van der Waals surface area contributed by atoms with Crippen LogP contribution in [0.15, 0.2) is 29.3 Å². The van der Waals surface area contributed by atoms with Crippen LogP contribution in [0.5, 0.6) is 0 Å². The summed E-state index contributed by atoms with van der Waals surface area (Å²) in [5, 5.41) is 17.4. The lowest BCUT2D eigenvalue weighted by Gasteiger charge is -2.37. The predicted molar refractivity (Wildman–Crippen MR) is 102 cm³/mol. The number of aliphatic imine (C=N–C) groups is 1. The largest absolute Gasteiger partial charge is 0.379 e. The zero-order valence-electron chi connectivity index (χ0n) is 15.8. The highest BCUT2D eigenvalue weighted by Gasteiger charge is 2.23. The molecule has 1 fully saturated rings. The number of nitrogens with one attached hydrogen (secondary N) is 2. The van der Waals surface area contributed by atoms with Gasteiger partial charge >= 0.3 is 0 Å². The van der Waals surface area contributed by atoms with Crippen molar-refractivity contribution in [2.45, 2.75) is 26.4 Å². The Bertz CT molecular complexity index is 597. The van der Waals surface area contributed by atoms with Crippen molar-refractivity contribution in [2.75, 3.05) is 39.9 Å². The van der Waals surface area contributed by atoms with Gasteiger partial charge in [-0.1, -0.05) is 26.0 Å². The van der Waals surface area contributed by atoms with Crippen LogP contribution in [0, 0.1) is 16.0 Å². The number of hydrogen-bond donors (Lipinski definition) is 2. The van der Waals surface area contributed by atoms with Crippen LogP contribution in [0.1, 0.15) is 19.4 Å². The normalized spacial score (nSPS) is 17.2. The second-order valence-electron chi connectivity index (χ2n) is 6.69. The highest BCUT2D eigenvalue weighted by molar-refractivity contribution is 5.79. The molecule has 1 aromatic carbocycles. The number of benzene rings is 1. The van der Waals surface area contributed by atoms with Crippen molar-refractivity contribution < 1.29 is 9.66 Å². The third-order valence-corrected chi connectivity index (χ3v) is 4.59. The van der Waals surface area contributed by atoms with Crippen LogP contribution in [0.2, 0.25) is 0 Å². The van der Waals surface area contributed by atoms with Crippen molar-refractivity contribution >= 4 is 11.6 Å². The molecule has 1 aliphatic heterocycles. The van der Waals surface area contributed by atoms with E-state index in [4.69, 9.17) is 4.74 Å². The maximum absolute atomic E-state index is 10.7. The Morgan fingerprint density at radius 3 is 2.46 bits per heavy atom. The summed E-state index contributed by atoms with van der Waals surface area (Å²) in [4.78, 5) is 17.0. The van der Waals surface area contributed by atoms with Gasteiger partial charge in [-0.15, -0.1) is 0 Å². The molecule has 2 N–H and O–H groups in total. The first-order chi connectivity index (χ1) is 12.5. The van der Waals surface area contributed by atoms with Crippen molar-refractivity contribution in [1.29, 1.82) is 0 Å². The van der Waals surface area contributed by atoms with E-state index < -0.39 is 4.92 Å². The van der Waals surface area contributed by atoms with E-state index in [0.717, 1.165) is 44.4 Å². The minimum atomic E-state index is -0.393. The maximum Gasteiger partial charge on any atom is 0.269 e. The number of ether oxygens (including phenoxy) is 1. The molecule has 1 atom stereocenters. The molecule has 0 amide bonds. The molecule has 0 bridgehead atoms. The summed E-state index contributed by atoms with van der Waals surface area (Å²) in [7, 11) is 1.74. The summed E-state index contributed by atoms with van der Waals surface area (Å²) in [6.45, 7) is 9.31. The zero-order chi connectivity index (χ0) is 18.9. The number of non-ortho nitro benzene ring substituents is 1. The number of hydrogen-bond acceptors (Lipinski definition) is 5. The standard InChI is InChI=1S/C18H29N5O3/c1-14(2)17(22-8-10-26-11-9-22)13-21-18(19-3)20-12-15-4-6-16(7-5-15)23(24)25/h4-7,14,17H,8-13H2,1-3H3,(H2,19,20,21). The van der Waals surface area contributed by atoms with Gasteiger partial charge in [-0.3, -0.25) is 20.0 Å². The molecule has 26 heavy (non-hydrogen) atoms. The van der Waals surface area contributed by atoms with Gasteiger partial charge in [0.1, 0.15) is 0 Å². The van der Waals surface area contributed by atoms with Gasteiger partial charge in [0.15, 0.2) is 5.96 Å². The molecule has 1 unspecified atom stereocenters. The molecule has 0 spiro atoms. The first kappa shape index (κ1) is 20.1. The van der Waals surface area contributed by atoms with Crippen LogP contribution in [0.4, 0.5) is 5.69 Å². The Labute approximate surface area is 154 Å². The monoisotopic (exact) mass is 363 g/mol. The van der Waals surface area contributed by atoms with E-state index in [0.29, 0.717) is 18.5 Å². The molecule has 0 aromatic heterocycles. The van der Waals surface area contributed by atoms with Gasteiger partial charge in [-0.25, -0.2) is 0 Å². The second kappa shape index (κ2) is 10.1. The average Bonchev–Trinajstić information content (AvgIpc) is 2.65. The van der Waals surface area contributed by atoms with Crippen LogP contribution >= 0.6 is 0 Å². The smallest absolute Gasteiger partial charge is 0.269 e. The highest BCUT2D eigenvalue weighted by Crippen LogP contribution is 2.13. The number of rotatable bonds is 7. The summed E-state index contributed by atoms with van der Waals surface area (Å²) in [5.74, 6) is 1.25. The molecule has 0 aliphatic carbocycles. The van der Waals surface area contributed by atoms with Crippen molar-refractivity contribution in [3.05, 3.63) is 39.9 Å². The topological polar surface area (TPSA) is 92.0 Å². The quantitative estimate of drug-likeness (QED) is 0.331. The predicted octanol–water partition coefficient (Wildman–Crippen LogP) is 1.62. The molecule has 1 saturated heterocycles. The summed E-state index contributed by atoms with van der Waals surface area (Å²) in [5.41, 5.74) is 1.06. The highest BCUT2D eigenvalue weighted by atomic mass is 16.6. The van der Waals surface area contributed by atoms with Crippen molar-refractivity contribution in [3.8, 4) is 0 Å². The fourth-order valence-corrected chi connectivity index (χ4v) is 3.04. The van der Waals surface area contributed by atoms with E-state index in [-0.39, 0.29) is 5.69 Å². The molecule has 1 heterocycles. The van der Waals surface area contributed by atoms with Gasteiger partial charge in [-0.2, -0.15) is 0 Å². The minimum absolute atomic E-state index is 0.0987. The van der Waals surface area contributed by atoms with Gasteiger partial charge in [0.05, 0.1) is 18.1 Å². The average molecular weight is 363 g/mol. The van der Waals surface area contributed by atoms with Gasteiger partial charge in [0, 0.05) is 51.4 Å². The lowest BCUT2D eigenvalue weighted by molar-refractivity contribution is -0.384. The number of nitro groups is 1. The molecule has 1 aliphatic rings. The Morgan fingerprint density at radius 1 is 1.27 bits per heavy atom. The van der Waals surface area contributed by atoms with Crippen LogP contribution in [-0.2, 0) is 11.3 Å². The Kier molecular flexibility index (Phi) is 7.80. The first-order valence-electron chi connectivity index (χ1n) is 9.01. The molecule has 1 aromatic rings. The molecule has 8 nitrogen and oxygen atoms in total. The lowest BCUT2D eigenvalue weighted by Crippen LogP contribution is -2.52. The summed E-state index contributed by atoms with van der Waals surface area (Å²) in [6, 6.07) is 6.95. The van der Waals surface area contributed by atoms with Crippen LogP contribution < -0.4 is 10.6 Å². The van der Waals surface area contributed by atoms with E-state index in [1.54, 1.807) is 19.2 Å². The third-order valence-electron chi connectivity index (χ3n) is 4.59. The molecule has 0 radical (unpaired) electrons. The van der Waals surface area contributed by atoms with Gasteiger partial charge in [-0.05, 0) is 11.5 Å². The summed E-state index contributed by atoms with van der Waals surface area (Å²) >= 11 is 0. The molecule has 0 saturated carbocycles. The Morgan fingerprint density at radius 2 is 1.92 bits per heavy atom. The number of nitro benzene ring substituents is 1. The molecular weight excluding hydrogens is 334 g/mol. The molecule has 8 heteroatoms. The van der Waals surface area contributed by atoms with Crippen LogP contribution in [0.3, 0.4) is 0 Å². The maximum atomic E-state index is 10.7. The molecule has 144 valence electrons. The van der Waals surface area contributed by atoms with E-state index >= 15 is 0 Å². The van der Waals surface area contributed by atoms with Gasteiger partial charge < -0.3 is 15.4 Å². The van der Waals surface area contributed by atoms with Crippen molar-refractivity contribution in [2.24, 2.45) is 10.9 Å². The Balaban J connectivity index is 1.84. The number of nitrogens with zero attached hydrogens (tertiary/aromatic N) is 3. The van der Waals surface area contributed by atoms with Gasteiger partial charge in [0.2, 0.25) is 0 Å². The van der Waals surface area contributed by atoms with Crippen LogP contribution in [0.25, 0.3) is 0 Å². The Hall–Kier alpha value is -2.19. The van der Waals surface area contributed by atoms with Crippen molar-refractivity contribution in [3.63, 3.8) is 0 Å². The van der Waals surface area contributed by atoms with E-state index in [1.165, 1.54) is 12.1 Å². The summed E-state index contributed by atoms with van der Waals surface area (Å²) < 4.78 is 5.45. The molecule has 2 rings (SSSR count). The number of morpholine rings is 1. The van der Waals surface area contributed by atoms with E-state index in [9.17, 15) is 10.1 Å². The minimum Gasteiger partial charge on any atom is -0.379 e. The number of guanidine groups is 1. The fourth-order valence-electron chi connectivity index (χ4n) is 3.04. The van der Waals surface area contributed by atoms with Gasteiger partial charge in [0.25, 0.3) is 5.69 Å². The van der Waals surface area contributed by atoms with E-state index in [2.05, 4.69) is 34.4 Å². The molecular formula is C18H29N5O3. The second-order valence-corrected chi connectivity index (χ2v) is 6.69. The first-order valence-corrected chi connectivity index (χ1v) is 9.01. The zero-order valence-corrected chi connectivity index (χ0v) is 15.8. The SMILES string of the molecule is CN=C(NCc1ccc([N+](=O)[O-])cc1)NCC(C(C)C)N1CCOCC1. The third kappa shape index (κ3) is 5.96. The summed E-state index contributed by atoms with van der Waals surface area (Å²) in [6.07, 6.45) is 0.